The van der Waals surface area contributed by atoms with Crippen molar-refractivity contribution in [2.24, 2.45) is 5.92 Å². The van der Waals surface area contributed by atoms with Gasteiger partial charge in [-0.3, -0.25) is 4.98 Å². The second-order valence-corrected chi connectivity index (χ2v) is 3.94. The first-order chi connectivity index (χ1) is 6.22. The summed E-state index contributed by atoms with van der Waals surface area (Å²) in [7, 11) is 0. The van der Waals surface area contributed by atoms with Crippen LogP contribution in [0.2, 0.25) is 0 Å². The van der Waals surface area contributed by atoms with Gasteiger partial charge in [0.2, 0.25) is 0 Å². The number of hydrogen-bond donors (Lipinski definition) is 0. The molecule has 0 unspecified atom stereocenters. The van der Waals surface area contributed by atoms with Gasteiger partial charge in [-0.2, -0.15) is 0 Å². The van der Waals surface area contributed by atoms with E-state index < -0.39 is 0 Å². The molecule has 0 N–H and O–H groups in total. The summed E-state index contributed by atoms with van der Waals surface area (Å²) >= 11 is 0. The predicted molar refractivity (Wildman–Crippen MR) is 56.8 cm³/mol. The number of nitrogens with zero attached hydrogens (tertiary/aromatic N) is 1. The first-order valence-corrected chi connectivity index (χ1v) is 5.16. The Balaban J connectivity index is 2.49. The number of aryl methyl sites for hydroxylation is 2. The standard InChI is InChI=1S/C12H19N/c1-4-11-6-8-12(13-9-11)7-5-10(2)3/h6,8-10H,4-5,7H2,1-3H3. The van der Waals surface area contributed by atoms with Gasteiger partial charge in [-0.05, 0) is 36.8 Å². The fourth-order valence-electron chi connectivity index (χ4n) is 1.25. The Morgan fingerprint density at radius 1 is 1.31 bits per heavy atom. The van der Waals surface area contributed by atoms with Gasteiger partial charge in [0, 0.05) is 11.9 Å². The Bertz CT molecular complexity index is 236. The van der Waals surface area contributed by atoms with Crippen molar-refractivity contribution in [1.29, 1.82) is 0 Å². The Morgan fingerprint density at radius 2 is 2.08 bits per heavy atom. The molecule has 0 aliphatic rings. The number of hydrogen-bond acceptors (Lipinski definition) is 1. The Morgan fingerprint density at radius 3 is 2.54 bits per heavy atom. The highest BCUT2D eigenvalue weighted by Gasteiger charge is 1.97. The fraction of sp³-hybridized carbons (Fsp3) is 0.583. The summed E-state index contributed by atoms with van der Waals surface area (Å²) in [6.07, 6.45) is 5.42. The molecule has 1 rings (SSSR count). The molecule has 0 fully saturated rings. The lowest BCUT2D eigenvalue weighted by Crippen LogP contribution is -1.95. The maximum Gasteiger partial charge on any atom is 0.0403 e. The normalized spacial score (nSPS) is 10.8. The minimum absolute atomic E-state index is 0.771. The van der Waals surface area contributed by atoms with Crippen molar-refractivity contribution in [2.75, 3.05) is 0 Å². The largest absolute Gasteiger partial charge is 0.261 e. The zero-order valence-electron chi connectivity index (χ0n) is 8.88. The molecule has 0 saturated heterocycles. The number of aromatic nitrogens is 1. The van der Waals surface area contributed by atoms with Crippen LogP contribution in [0.4, 0.5) is 0 Å². The highest BCUT2D eigenvalue weighted by molar-refractivity contribution is 5.13. The lowest BCUT2D eigenvalue weighted by molar-refractivity contribution is 0.581. The van der Waals surface area contributed by atoms with E-state index in [1.54, 1.807) is 0 Å². The molecule has 0 aliphatic heterocycles. The Labute approximate surface area is 81.2 Å². The molecule has 0 bridgehead atoms. The zero-order valence-corrected chi connectivity index (χ0v) is 8.88. The SMILES string of the molecule is CCc1ccc(CCC(C)C)nc1. The lowest BCUT2D eigenvalue weighted by atomic mass is 10.1. The minimum atomic E-state index is 0.771. The molecule has 1 aromatic heterocycles. The summed E-state index contributed by atoms with van der Waals surface area (Å²) in [6.45, 7) is 6.66. The molecule has 1 heteroatoms. The second-order valence-electron chi connectivity index (χ2n) is 3.94. The van der Waals surface area contributed by atoms with Crippen molar-refractivity contribution < 1.29 is 0 Å². The Kier molecular flexibility index (Phi) is 3.94. The molecule has 1 nitrogen and oxygen atoms in total. The minimum Gasteiger partial charge on any atom is -0.261 e. The van der Waals surface area contributed by atoms with Gasteiger partial charge in [0.1, 0.15) is 0 Å². The summed E-state index contributed by atoms with van der Waals surface area (Å²) in [5.41, 5.74) is 2.55. The van der Waals surface area contributed by atoms with Crippen molar-refractivity contribution in [3.05, 3.63) is 29.6 Å². The van der Waals surface area contributed by atoms with E-state index in [9.17, 15) is 0 Å². The van der Waals surface area contributed by atoms with Gasteiger partial charge in [-0.1, -0.05) is 26.8 Å². The van der Waals surface area contributed by atoms with Gasteiger partial charge in [-0.15, -0.1) is 0 Å². The van der Waals surface area contributed by atoms with Gasteiger partial charge in [0.15, 0.2) is 0 Å². The van der Waals surface area contributed by atoms with Crippen molar-refractivity contribution in [3.8, 4) is 0 Å². The molecule has 0 spiro atoms. The van der Waals surface area contributed by atoms with Crippen LogP contribution in [0.3, 0.4) is 0 Å². The molecule has 0 amide bonds. The number of rotatable bonds is 4. The third kappa shape index (κ3) is 3.58. The van der Waals surface area contributed by atoms with Crippen molar-refractivity contribution in [2.45, 2.75) is 40.0 Å². The van der Waals surface area contributed by atoms with Crippen LogP contribution in [0.1, 0.15) is 38.4 Å². The molecule has 13 heavy (non-hydrogen) atoms. The molecule has 0 saturated carbocycles. The summed E-state index contributed by atoms with van der Waals surface area (Å²) in [6, 6.07) is 4.34. The van der Waals surface area contributed by atoms with Crippen LogP contribution >= 0.6 is 0 Å². The van der Waals surface area contributed by atoms with E-state index in [0.29, 0.717) is 0 Å². The zero-order chi connectivity index (χ0) is 9.68. The summed E-state index contributed by atoms with van der Waals surface area (Å²) in [5, 5.41) is 0. The summed E-state index contributed by atoms with van der Waals surface area (Å²) < 4.78 is 0. The van der Waals surface area contributed by atoms with Crippen molar-refractivity contribution in [3.63, 3.8) is 0 Å². The van der Waals surface area contributed by atoms with Crippen LogP contribution in [0.25, 0.3) is 0 Å². The van der Waals surface area contributed by atoms with Gasteiger partial charge >= 0.3 is 0 Å². The van der Waals surface area contributed by atoms with E-state index in [2.05, 4.69) is 37.9 Å². The monoisotopic (exact) mass is 177 g/mol. The van der Waals surface area contributed by atoms with Crippen LogP contribution in [0, 0.1) is 5.92 Å². The van der Waals surface area contributed by atoms with Gasteiger partial charge < -0.3 is 0 Å². The molecule has 0 radical (unpaired) electrons. The highest BCUT2D eigenvalue weighted by Crippen LogP contribution is 2.07. The van der Waals surface area contributed by atoms with Gasteiger partial charge in [0.05, 0.1) is 0 Å². The average molecular weight is 177 g/mol. The van der Waals surface area contributed by atoms with E-state index in [4.69, 9.17) is 0 Å². The first kappa shape index (κ1) is 10.2. The smallest absolute Gasteiger partial charge is 0.0403 e. The molecule has 1 aromatic rings. The lowest BCUT2D eigenvalue weighted by Gasteiger charge is -2.04. The van der Waals surface area contributed by atoms with E-state index in [-0.39, 0.29) is 0 Å². The topological polar surface area (TPSA) is 12.9 Å². The fourth-order valence-corrected chi connectivity index (χ4v) is 1.25. The third-order valence-corrected chi connectivity index (χ3v) is 2.27. The number of pyridine rings is 1. The Hall–Kier alpha value is -0.850. The van der Waals surface area contributed by atoms with Gasteiger partial charge in [0.25, 0.3) is 0 Å². The molecular weight excluding hydrogens is 158 g/mol. The first-order valence-electron chi connectivity index (χ1n) is 5.16. The van der Waals surface area contributed by atoms with Crippen LogP contribution in [0.15, 0.2) is 18.3 Å². The maximum absolute atomic E-state index is 4.42. The molecular formula is C12H19N. The van der Waals surface area contributed by atoms with E-state index >= 15 is 0 Å². The van der Waals surface area contributed by atoms with Crippen LogP contribution in [0.5, 0.6) is 0 Å². The second kappa shape index (κ2) is 5.00. The molecule has 72 valence electrons. The van der Waals surface area contributed by atoms with Crippen molar-refractivity contribution >= 4 is 0 Å². The predicted octanol–water partition coefficient (Wildman–Crippen LogP) is 3.23. The molecule has 0 atom stereocenters. The van der Waals surface area contributed by atoms with E-state index in [0.717, 1.165) is 18.8 Å². The molecule has 0 aromatic carbocycles. The summed E-state index contributed by atoms with van der Waals surface area (Å²) in [4.78, 5) is 4.42. The van der Waals surface area contributed by atoms with Gasteiger partial charge in [-0.25, -0.2) is 0 Å². The van der Waals surface area contributed by atoms with E-state index in [1.165, 1.54) is 17.7 Å². The average Bonchev–Trinajstić information content (AvgIpc) is 2.15. The third-order valence-electron chi connectivity index (χ3n) is 2.27. The quantitative estimate of drug-likeness (QED) is 0.688. The summed E-state index contributed by atoms with van der Waals surface area (Å²) in [5.74, 6) is 0.771. The molecule has 0 aliphatic carbocycles. The van der Waals surface area contributed by atoms with Crippen LogP contribution in [-0.2, 0) is 12.8 Å². The van der Waals surface area contributed by atoms with Crippen LogP contribution in [-0.4, -0.2) is 4.98 Å². The van der Waals surface area contributed by atoms with Crippen LogP contribution < -0.4 is 0 Å². The highest BCUT2D eigenvalue weighted by atomic mass is 14.7. The maximum atomic E-state index is 4.42. The van der Waals surface area contributed by atoms with Crippen molar-refractivity contribution in [1.82, 2.24) is 4.98 Å². The molecule has 1 heterocycles. The van der Waals surface area contributed by atoms with E-state index in [1.807, 2.05) is 6.20 Å².